The Morgan fingerprint density at radius 2 is 2.25 bits per heavy atom. The molecule has 0 saturated carbocycles. The van der Waals surface area contributed by atoms with Crippen LogP contribution in [0.25, 0.3) is 0 Å². The van der Waals surface area contributed by atoms with E-state index in [4.69, 9.17) is 9.47 Å². The van der Waals surface area contributed by atoms with Crippen molar-refractivity contribution in [2.45, 2.75) is 26.2 Å². The maximum absolute atomic E-state index is 14.1. The minimum absolute atomic E-state index is 0.151. The highest BCUT2D eigenvalue weighted by Crippen LogP contribution is 2.26. The Morgan fingerprint density at radius 1 is 1.50 bits per heavy atom. The SMILES string of the molecule is CCOC(=O)c1ccc(N2C[C@H](CNC(C)=O)OC2C=O)cc1F. The van der Waals surface area contributed by atoms with Gasteiger partial charge in [0.25, 0.3) is 0 Å². The van der Waals surface area contributed by atoms with Crippen molar-refractivity contribution in [2.24, 2.45) is 0 Å². The van der Waals surface area contributed by atoms with Crippen molar-refractivity contribution in [3.63, 3.8) is 0 Å². The van der Waals surface area contributed by atoms with Crippen molar-refractivity contribution in [3.8, 4) is 0 Å². The summed E-state index contributed by atoms with van der Waals surface area (Å²) in [6, 6.07) is 3.99. The summed E-state index contributed by atoms with van der Waals surface area (Å²) in [5.74, 6) is -1.68. The predicted octanol–water partition coefficient (Wildman–Crippen LogP) is 0.869. The largest absolute Gasteiger partial charge is 0.462 e. The first-order chi connectivity index (χ1) is 11.5. The first-order valence-electron chi connectivity index (χ1n) is 7.54. The van der Waals surface area contributed by atoms with Crippen LogP contribution < -0.4 is 10.2 Å². The van der Waals surface area contributed by atoms with Crippen LogP contribution in [0.4, 0.5) is 10.1 Å². The van der Waals surface area contributed by atoms with Crippen LogP contribution in [0.5, 0.6) is 0 Å². The zero-order valence-corrected chi connectivity index (χ0v) is 13.5. The Balaban J connectivity index is 2.14. The van der Waals surface area contributed by atoms with Crippen LogP contribution in [-0.2, 0) is 19.1 Å². The summed E-state index contributed by atoms with van der Waals surface area (Å²) in [6.45, 7) is 3.72. The number of carbonyl (C=O) groups excluding carboxylic acids is 3. The maximum atomic E-state index is 14.1. The number of ether oxygens (including phenoxy) is 2. The molecule has 24 heavy (non-hydrogen) atoms. The number of nitrogens with zero attached hydrogens (tertiary/aromatic N) is 1. The fourth-order valence-electron chi connectivity index (χ4n) is 2.42. The summed E-state index contributed by atoms with van der Waals surface area (Å²) >= 11 is 0. The van der Waals surface area contributed by atoms with E-state index < -0.39 is 24.1 Å². The number of halogens is 1. The smallest absolute Gasteiger partial charge is 0.341 e. The molecular weight excluding hydrogens is 319 g/mol. The summed E-state index contributed by atoms with van der Waals surface area (Å²) in [6.07, 6.45) is -0.668. The van der Waals surface area contributed by atoms with Crippen LogP contribution >= 0.6 is 0 Å². The molecule has 1 fully saturated rings. The van der Waals surface area contributed by atoms with Gasteiger partial charge in [-0.1, -0.05) is 0 Å². The molecule has 1 aliphatic rings. The Bertz CT molecular complexity index is 637. The Kier molecular flexibility index (Phi) is 5.86. The molecule has 8 heteroatoms. The summed E-state index contributed by atoms with van der Waals surface area (Å²) in [5.41, 5.74) is 0.237. The van der Waals surface area contributed by atoms with E-state index >= 15 is 0 Å². The van der Waals surface area contributed by atoms with Gasteiger partial charge in [0.1, 0.15) is 5.82 Å². The van der Waals surface area contributed by atoms with Gasteiger partial charge in [-0.25, -0.2) is 9.18 Å². The first kappa shape index (κ1) is 17.9. The molecule has 0 aliphatic carbocycles. The minimum Gasteiger partial charge on any atom is -0.462 e. The van der Waals surface area contributed by atoms with Crippen LogP contribution in [0.1, 0.15) is 24.2 Å². The number of esters is 1. The van der Waals surface area contributed by atoms with Gasteiger partial charge in [-0.15, -0.1) is 0 Å². The number of hydrogen-bond donors (Lipinski definition) is 1. The molecule has 1 aromatic rings. The molecule has 0 bridgehead atoms. The Hall–Kier alpha value is -2.48. The molecule has 1 amide bonds. The van der Waals surface area contributed by atoms with Crippen LogP contribution in [0.2, 0.25) is 0 Å². The minimum atomic E-state index is -0.878. The molecule has 1 unspecified atom stereocenters. The van der Waals surface area contributed by atoms with E-state index in [1.165, 1.54) is 19.1 Å². The second-order valence-electron chi connectivity index (χ2n) is 5.26. The van der Waals surface area contributed by atoms with Crippen LogP contribution in [-0.4, -0.2) is 50.2 Å². The first-order valence-corrected chi connectivity index (χ1v) is 7.54. The monoisotopic (exact) mass is 338 g/mol. The standard InChI is InChI=1S/C16H19FN2O5/c1-3-23-16(22)13-5-4-11(6-14(13)17)19-8-12(7-18-10(2)21)24-15(19)9-20/h4-6,9,12,15H,3,7-8H2,1-2H3,(H,18,21)/t12-,15?/m0/s1. The average Bonchev–Trinajstić information content (AvgIpc) is 2.96. The summed E-state index contributed by atoms with van der Waals surface area (Å²) in [4.78, 5) is 35.3. The third-order valence-corrected chi connectivity index (χ3v) is 3.51. The number of amides is 1. The number of carbonyl (C=O) groups is 3. The van der Waals surface area contributed by atoms with Crippen LogP contribution in [0, 0.1) is 5.82 Å². The number of benzene rings is 1. The lowest BCUT2D eigenvalue weighted by atomic mass is 10.1. The molecule has 1 N–H and O–H groups in total. The van der Waals surface area contributed by atoms with Crippen molar-refractivity contribution in [1.29, 1.82) is 0 Å². The van der Waals surface area contributed by atoms with Gasteiger partial charge in [-0.2, -0.15) is 0 Å². The van der Waals surface area contributed by atoms with Crippen LogP contribution in [0.3, 0.4) is 0 Å². The van der Waals surface area contributed by atoms with Crippen molar-refractivity contribution in [2.75, 3.05) is 24.6 Å². The highest BCUT2D eigenvalue weighted by atomic mass is 19.1. The molecule has 1 aliphatic heterocycles. The summed E-state index contributed by atoms with van der Waals surface area (Å²) in [7, 11) is 0. The molecule has 1 saturated heterocycles. The lowest BCUT2D eigenvalue weighted by Gasteiger charge is -2.21. The van der Waals surface area contributed by atoms with E-state index in [-0.39, 0.29) is 24.6 Å². The Labute approximate surface area is 138 Å². The van der Waals surface area contributed by atoms with Gasteiger partial charge in [-0.05, 0) is 25.1 Å². The summed E-state index contributed by atoms with van der Waals surface area (Å²) in [5, 5.41) is 2.61. The molecule has 1 aromatic carbocycles. The zero-order chi connectivity index (χ0) is 17.7. The van der Waals surface area contributed by atoms with E-state index in [0.717, 1.165) is 6.07 Å². The highest BCUT2D eigenvalue weighted by Gasteiger charge is 2.33. The Morgan fingerprint density at radius 3 is 2.83 bits per heavy atom. The van der Waals surface area contributed by atoms with Crippen molar-refractivity contribution in [3.05, 3.63) is 29.6 Å². The fraction of sp³-hybridized carbons (Fsp3) is 0.438. The van der Waals surface area contributed by atoms with E-state index in [1.54, 1.807) is 11.8 Å². The molecular formula is C16H19FN2O5. The number of nitrogens with one attached hydrogen (secondary N) is 1. The van der Waals surface area contributed by atoms with Crippen molar-refractivity contribution in [1.82, 2.24) is 5.32 Å². The van der Waals surface area contributed by atoms with Crippen molar-refractivity contribution >= 4 is 23.9 Å². The normalized spacial score (nSPS) is 19.9. The van der Waals surface area contributed by atoms with Crippen LogP contribution in [0.15, 0.2) is 18.2 Å². The number of rotatable bonds is 6. The second kappa shape index (κ2) is 7.87. The van der Waals surface area contributed by atoms with Gasteiger partial charge in [0.2, 0.25) is 5.91 Å². The van der Waals surface area contributed by atoms with E-state index in [0.29, 0.717) is 18.5 Å². The van der Waals surface area contributed by atoms with Gasteiger partial charge in [0, 0.05) is 25.7 Å². The van der Waals surface area contributed by atoms with Gasteiger partial charge in [0.15, 0.2) is 12.5 Å². The molecule has 2 atom stereocenters. The fourth-order valence-corrected chi connectivity index (χ4v) is 2.42. The molecule has 0 radical (unpaired) electrons. The molecule has 130 valence electrons. The average molecular weight is 338 g/mol. The van der Waals surface area contributed by atoms with Gasteiger partial charge in [0.05, 0.1) is 18.3 Å². The molecule has 2 rings (SSSR count). The van der Waals surface area contributed by atoms with E-state index in [1.807, 2.05) is 0 Å². The summed E-state index contributed by atoms with van der Waals surface area (Å²) < 4.78 is 24.4. The van der Waals surface area contributed by atoms with E-state index in [9.17, 15) is 18.8 Å². The molecule has 7 nitrogen and oxygen atoms in total. The quantitative estimate of drug-likeness (QED) is 0.612. The molecule has 0 spiro atoms. The van der Waals surface area contributed by atoms with Gasteiger partial charge >= 0.3 is 5.97 Å². The molecule has 1 heterocycles. The van der Waals surface area contributed by atoms with Gasteiger partial charge < -0.3 is 19.7 Å². The van der Waals surface area contributed by atoms with E-state index in [2.05, 4.69) is 5.32 Å². The maximum Gasteiger partial charge on any atom is 0.341 e. The number of hydrogen-bond acceptors (Lipinski definition) is 6. The highest BCUT2D eigenvalue weighted by molar-refractivity contribution is 5.90. The second-order valence-corrected chi connectivity index (χ2v) is 5.26. The van der Waals surface area contributed by atoms with Gasteiger partial charge in [-0.3, -0.25) is 9.59 Å². The predicted molar refractivity (Wildman–Crippen MR) is 83.1 cm³/mol. The third-order valence-electron chi connectivity index (χ3n) is 3.51. The number of anilines is 1. The zero-order valence-electron chi connectivity index (χ0n) is 13.5. The molecule has 0 aromatic heterocycles. The number of aldehydes is 1. The van der Waals surface area contributed by atoms with Crippen molar-refractivity contribution < 1.29 is 28.2 Å². The lowest BCUT2D eigenvalue weighted by molar-refractivity contribution is -0.120. The lowest BCUT2D eigenvalue weighted by Crippen LogP contribution is -2.33. The third kappa shape index (κ3) is 4.08. The topological polar surface area (TPSA) is 84.9 Å².